The van der Waals surface area contributed by atoms with Crippen LogP contribution in [0.3, 0.4) is 0 Å². The lowest BCUT2D eigenvalue weighted by atomic mass is 10.2. The van der Waals surface area contributed by atoms with Crippen LogP contribution >= 0.6 is 0 Å². The van der Waals surface area contributed by atoms with Gasteiger partial charge in [0.2, 0.25) is 0 Å². The van der Waals surface area contributed by atoms with Gasteiger partial charge in [-0.15, -0.1) is 0 Å². The molecule has 0 radical (unpaired) electrons. The van der Waals surface area contributed by atoms with Gasteiger partial charge in [-0.25, -0.2) is 8.42 Å². The monoisotopic (exact) mass is 281 g/mol. The number of nitrogens with one attached hydrogen (secondary N) is 1. The fourth-order valence-electron chi connectivity index (χ4n) is 1.82. The maximum atomic E-state index is 12.3. The number of rotatable bonds is 3. The van der Waals surface area contributed by atoms with Gasteiger partial charge in [0.1, 0.15) is 5.69 Å². The number of nitrogens with zero attached hydrogens (tertiary/aromatic N) is 1. The molecule has 19 heavy (non-hydrogen) atoms. The molecule has 0 saturated heterocycles. The van der Waals surface area contributed by atoms with Crippen LogP contribution in [0, 0.1) is 20.8 Å². The summed E-state index contributed by atoms with van der Waals surface area (Å²) in [4.78, 5) is 0.0642. The number of nitrogen functional groups attached to an aromatic ring is 1. The van der Waals surface area contributed by atoms with Crippen molar-refractivity contribution in [2.45, 2.75) is 25.7 Å². The first-order valence-corrected chi connectivity index (χ1v) is 7.12. The fraction of sp³-hybridized carbons (Fsp3) is 0.250. The van der Waals surface area contributed by atoms with Crippen LogP contribution in [0.5, 0.6) is 0 Å². The van der Waals surface area contributed by atoms with E-state index in [2.05, 4.69) is 9.88 Å². The van der Waals surface area contributed by atoms with Crippen molar-refractivity contribution >= 4 is 21.4 Å². The zero-order valence-corrected chi connectivity index (χ0v) is 11.7. The van der Waals surface area contributed by atoms with E-state index in [0.717, 1.165) is 0 Å². The van der Waals surface area contributed by atoms with E-state index in [0.29, 0.717) is 22.6 Å². The molecule has 0 aliphatic carbocycles. The van der Waals surface area contributed by atoms with Gasteiger partial charge in [0.15, 0.2) is 10.7 Å². The first-order chi connectivity index (χ1) is 8.83. The highest BCUT2D eigenvalue weighted by Gasteiger charge is 2.24. The lowest BCUT2D eigenvalue weighted by Gasteiger charge is -2.11. The third-order valence-corrected chi connectivity index (χ3v) is 4.47. The molecule has 0 atom stereocenters. The molecule has 102 valence electrons. The predicted octanol–water partition coefficient (Wildman–Crippen LogP) is 1.98. The number of anilines is 2. The standard InChI is InChI=1S/C12H15N3O3S/c1-7-10(13)5-4-6-11(7)15-19(16,17)12-8(2)14-18-9(12)3/h4-6,15H,13H2,1-3H3. The second-order valence-corrected chi connectivity index (χ2v) is 5.90. The van der Waals surface area contributed by atoms with Gasteiger partial charge in [0.05, 0.1) is 5.69 Å². The van der Waals surface area contributed by atoms with Crippen molar-refractivity contribution in [2.24, 2.45) is 0 Å². The molecule has 6 nitrogen and oxygen atoms in total. The SMILES string of the molecule is Cc1noc(C)c1S(=O)(=O)Nc1cccc(N)c1C. The maximum Gasteiger partial charge on any atom is 0.267 e. The van der Waals surface area contributed by atoms with Gasteiger partial charge in [-0.2, -0.15) is 0 Å². The molecule has 1 aromatic heterocycles. The number of nitrogens with two attached hydrogens (primary N) is 1. The zero-order valence-electron chi connectivity index (χ0n) is 10.9. The topological polar surface area (TPSA) is 98.2 Å². The Kier molecular flexibility index (Phi) is 3.23. The lowest BCUT2D eigenvalue weighted by Crippen LogP contribution is -2.15. The van der Waals surface area contributed by atoms with E-state index in [4.69, 9.17) is 10.3 Å². The molecular weight excluding hydrogens is 266 g/mol. The van der Waals surface area contributed by atoms with Crippen molar-refractivity contribution in [1.82, 2.24) is 5.16 Å². The number of benzene rings is 1. The summed E-state index contributed by atoms with van der Waals surface area (Å²) in [5.74, 6) is 0.256. The molecular formula is C12H15N3O3S. The van der Waals surface area contributed by atoms with E-state index in [1.807, 2.05) is 0 Å². The van der Waals surface area contributed by atoms with Crippen LogP contribution in [0.15, 0.2) is 27.6 Å². The smallest absolute Gasteiger partial charge is 0.267 e. The summed E-state index contributed by atoms with van der Waals surface area (Å²) in [5.41, 5.74) is 7.73. The highest BCUT2D eigenvalue weighted by molar-refractivity contribution is 7.92. The Morgan fingerprint density at radius 3 is 2.53 bits per heavy atom. The van der Waals surface area contributed by atoms with Crippen molar-refractivity contribution in [3.8, 4) is 0 Å². The minimum atomic E-state index is -3.73. The number of sulfonamides is 1. The molecule has 2 rings (SSSR count). The van der Waals surface area contributed by atoms with Gasteiger partial charge in [0, 0.05) is 5.69 Å². The summed E-state index contributed by atoms with van der Waals surface area (Å²) in [6, 6.07) is 5.05. The van der Waals surface area contributed by atoms with Crippen LogP contribution in [-0.4, -0.2) is 13.6 Å². The molecule has 1 aromatic carbocycles. The molecule has 2 aromatic rings. The molecule has 0 bridgehead atoms. The minimum absolute atomic E-state index is 0.0642. The van der Waals surface area contributed by atoms with Crippen molar-refractivity contribution in [3.63, 3.8) is 0 Å². The molecule has 1 heterocycles. The first kappa shape index (κ1) is 13.4. The summed E-state index contributed by atoms with van der Waals surface area (Å²) in [6.45, 7) is 4.89. The van der Waals surface area contributed by atoms with Gasteiger partial charge in [-0.05, 0) is 38.5 Å². The zero-order chi connectivity index (χ0) is 14.2. The van der Waals surface area contributed by atoms with E-state index in [1.54, 1.807) is 39.0 Å². The van der Waals surface area contributed by atoms with Crippen molar-refractivity contribution in [3.05, 3.63) is 35.2 Å². The summed E-state index contributed by atoms with van der Waals surface area (Å²) in [6.07, 6.45) is 0. The van der Waals surface area contributed by atoms with E-state index in [-0.39, 0.29) is 10.7 Å². The quantitative estimate of drug-likeness (QED) is 0.838. The van der Waals surface area contributed by atoms with E-state index in [1.165, 1.54) is 0 Å². The van der Waals surface area contributed by atoms with Crippen LogP contribution in [-0.2, 0) is 10.0 Å². The second kappa shape index (κ2) is 4.58. The van der Waals surface area contributed by atoms with Gasteiger partial charge in [0.25, 0.3) is 10.0 Å². The van der Waals surface area contributed by atoms with Crippen LogP contribution in [0.25, 0.3) is 0 Å². The molecule has 3 N–H and O–H groups in total. The molecule has 0 unspecified atom stereocenters. The Morgan fingerprint density at radius 2 is 1.95 bits per heavy atom. The normalized spacial score (nSPS) is 11.5. The van der Waals surface area contributed by atoms with E-state index in [9.17, 15) is 8.42 Å². The number of aromatic nitrogens is 1. The van der Waals surface area contributed by atoms with Crippen LogP contribution in [0.2, 0.25) is 0 Å². The van der Waals surface area contributed by atoms with Crippen LogP contribution in [0.4, 0.5) is 11.4 Å². The summed E-state index contributed by atoms with van der Waals surface area (Å²) >= 11 is 0. The second-order valence-electron chi connectivity index (χ2n) is 4.28. The number of hydrogen-bond donors (Lipinski definition) is 2. The average molecular weight is 281 g/mol. The summed E-state index contributed by atoms with van der Waals surface area (Å²) < 4.78 is 32.0. The maximum absolute atomic E-state index is 12.3. The van der Waals surface area contributed by atoms with Crippen LogP contribution < -0.4 is 10.5 Å². The lowest BCUT2D eigenvalue weighted by molar-refractivity contribution is 0.390. The van der Waals surface area contributed by atoms with Crippen molar-refractivity contribution in [1.29, 1.82) is 0 Å². The van der Waals surface area contributed by atoms with Gasteiger partial charge in [-0.3, -0.25) is 4.72 Å². The average Bonchev–Trinajstić information content (AvgIpc) is 2.65. The highest BCUT2D eigenvalue weighted by atomic mass is 32.2. The number of hydrogen-bond acceptors (Lipinski definition) is 5. The highest BCUT2D eigenvalue weighted by Crippen LogP contribution is 2.26. The Hall–Kier alpha value is -2.02. The third-order valence-electron chi connectivity index (χ3n) is 2.86. The summed E-state index contributed by atoms with van der Waals surface area (Å²) in [5, 5.41) is 3.65. The Labute approximate surface area is 111 Å². The molecule has 0 aliphatic rings. The molecule has 0 saturated carbocycles. The van der Waals surface area contributed by atoms with Gasteiger partial charge < -0.3 is 10.3 Å². The Bertz CT molecular complexity index is 700. The molecule has 7 heteroatoms. The molecule has 0 spiro atoms. The molecule has 0 aliphatic heterocycles. The largest absolute Gasteiger partial charge is 0.398 e. The van der Waals surface area contributed by atoms with Crippen molar-refractivity contribution < 1.29 is 12.9 Å². The third kappa shape index (κ3) is 2.41. The first-order valence-electron chi connectivity index (χ1n) is 5.63. The predicted molar refractivity (Wildman–Crippen MR) is 72.4 cm³/mol. The van der Waals surface area contributed by atoms with E-state index >= 15 is 0 Å². The number of aryl methyl sites for hydroxylation is 2. The summed E-state index contributed by atoms with van der Waals surface area (Å²) in [7, 11) is -3.73. The fourth-order valence-corrected chi connectivity index (χ4v) is 3.27. The van der Waals surface area contributed by atoms with Crippen molar-refractivity contribution in [2.75, 3.05) is 10.5 Å². The van der Waals surface area contributed by atoms with E-state index < -0.39 is 10.0 Å². The molecule has 0 fully saturated rings. The Morgan fingerprint density at radius 1 is 1.26 bits per heavy atom. The Balaban J connectivity index is 2.46. The van der Waals surface area contributed by atoms with Gasteiger partial charge in [-0.1, -0.05) is 11.2 Å². The molecule has 0 amide bonds. The minimum Gasteiger partial charge on any atom is -0.398 e. The van der Waals surface area contributed by atoms with Gasteiger partial charge >= 0.3 is 0 Å². The van der Waals surface area contributed by atoms with Crippen LogP contribution in [0.1, 0.15) is 17.0 Å².